The largest absolute Gasteiger partial charge is 0.291 e. The van der Waals surface area contributed by atoms with Gasteiger partial charge in [0.15, 0.2) is 23.3 Å². The van der Waals surface area contributed by atoms with Gasteiger partial charge in [-0.3, -0.25) is 4.79 Å². The van der Waals surface area contributed by atoms with Gasteiger partial charge in [-0.1, -0.05) is 121 Å². The third-order valence-electron chi connectivity index (χ3n) is 7.76. The first kappa shape index (κ1) is 27.8. The van der Waals surface area contributed by atoms with Crippen LogP contribution in [0, 0.1) is 0 Å². The molecule has 0 saturated carbocycles. The minimum absolute atomic E-state index is 0.132. The summed E-state index contributed by atoms with van der Waals surface area (Å²) in [6.07, 6.45) is 0. The SMILES string of the molecule is CC(=O)c1nc(-c2cc(-c3ccccc3)cc(-c3ccccc3)c2)nc(-c2cc(-c3ccccc3)cc(-c3ccccc3)c2)n1. The molecule has 6 aromatic carbocycles. The van der Waals surface area contributed by atoms with E-state index in [1.165, 1.54) is 6.92 Å². The van der Waals surface area contributed by atoms with Crippen LogP contribution in [-0.4, -0.2) is 20.7 Å². The van der Waals surface area contributed by atoms with E-state index in [9.17, 15) is 4.79 Å². The minimum atomic E-state index is -0.218. The van der Waals surface area contributed by atoms with Crippen molar-refractivity contribution in [2.45, 2.75) is 6.92 Å². The lowest BCUT2D eigenvalue weighted by Crippen LogP contribution is -2.07. The van der Waals surface area contributed by atoms with E-state index in [1.54, 1.807) is 0 Å². The van der Waals surface area contributed by atoms with Crippen LogP contribution in [0.25, 0.3) is 67.3 Å². The first-order chi connectivity index (χ1) is 22.1. The molecular formula is C41H29N3O. The zero-order chi connectivity index (χ0) is 30.6. The normalized spacial score (nSPS) is 10.9. The number of rotatable bonds is 7. The Morgan fingerprint density at radius 2 is 0.622 bits per heavy atom. The summed E-state index contributed by atoms with van der Waals surface area (Å²) in [6.45, 7) is 1.49. The number of ketones is 1. The van der Waals surface area contributed by atoms with Crippen molar-refractivity contribution in [3.63, 3.8) is 0 Å². The van der Waals surface area contributed by atoms with Crippen molar-refractivity contribution in [1.29, 1.82) is 0 Å². The molecule has 0 saturated heterocycles. The summed E-state index contributed by atoms with van der Waals surface area (Å²) in [7, 11) is 0. The highest BCUT2D eigenvalue weighted by atomic mass is 16.1. The molecule has 214 valence electrons. The van der Waals surface area contributed by atoms with Crippen LogP contribution in [0.4, 0.5) is 0 Å². The van der Waals surface area contributed by atoms with Gasteiger partial charge >= 0.3 is 0 Å². The first-order valence-corrected chi connectivity index (χ1v) is 14.9. The van der Waals surface area contributed by atoms with Crippen LogP contribution in [0.2, 0.25) is 0 Å². The molecule has 0 spiro atoms. The monoisotopic (exact) mass is 579 g/mol. The molecule has 1 aromatic heterocycles. The third kappa shape index (κ3) is 6.08. The quantitative estimate of drug-likeness (QED) is 0.176. The number of hydrogen-bond donors (Lipinski definition) is 0. The summed E-state index contributed by atoms with van der Waals surface area (Å²) >= 11 is 0. The second-order valence-corrected chi connectivity index (χ2v) is 10.9. The number of Topliss-reactive ketones (excluding diaryl/α,β-unsaturated/α-hetero) is 1. The summed E-state index contributed by atoms with van der Waals surface area (Å²) in [6, 6.07) is 53.7. The average molecular weight is 580 g/mol. The van der Waals surface area contributed by atoms with Crippen molar-refractivity contribution in [1.82, 2.24) is 15.0 Å². The number of aromatic nitrogens is 3. The maximum absolute atomic E-state index is 12.8. The van der Waals surface area contributed by atoms with Crippen molar-refractivity contribution in [2.24, 2.45) is 0 Å². The molecule has 1 heterocycles. The maximum Gasteiger partial charge on any atom is 0.199 e. The summed E-state index contributed by atoms with van der Waals surface area (Å²) < 4.78 is 0. The molecule has 0 fully saturated rings. The highest BCUT2D eigenvalue weighted by Gasteiger charge is 2.17. The molecule has 0 N–H and O–H groups in total. The molecule has 0 aliphatic rings. The number of carbonyl (C=O) groups excluding carboxylic acids is 1. The summed E-state index contributed by atoms with van der Waals surface area (Å²) in [5.41, 5.74) is 10.1. The number of benzene rings is 6. The van der Waals surface area contributed by atoms with Gasteiger partial charge in [0.1, 0.15) is 0 Å². The van der Waals surface area contributed by atoms with Crippen LogP contribution in [0.1, 0.15) is 17.5 Å². The molecule has 0 radical (unpaired) electrons. The van der Waals surface area contributed by atoms with E-state index in [1.807, 2.05) is 72.8 Å². The van der Waals surface area contributed by atoms with E-state index >= 15 is 0 Å². The highest BCUT2D eigenvalue weighted by Crippen LogP contribution is 2.35. The van der Waals surface area contributed by atoms with E-state index < -0.39 is 0 Å². The standard InChI is InChI=1S/C41H29N3O/c1-28(45)39-42-40(37-24-33(29-14-6-2-7-15-29)22-34(25-37)30-16-8-3-9-17-30)44-41(43-39)38-26-35(31-18-10-4-11-19-31)23-36(27-38)32-20-12-5-13-21-32/h2-27H,1H3. The fraction of sp³-hybridized carbons (Fsp3) is 0.0244. The fourth-order valence-corrected chi connectivity index (χ4v) is 5.49. The van der Waals surface area contributed by atoms with E-state index in [4.69, 9.17) is 4.98 Å². The Morgan fingerprint density at radius 3 is 0.889 bits per heavy atom. The number of carbonyl (C=O) groups is 1. The molecule has 0 aliphatic heterocycles. The molecule has 0 atom stereocenters. The van der Waals surface area contributed by atoms with Crippen molar-refractivity contribution in [3.8, 4) is 67.3 Å². The van der Waals surface area contributed by atoms with Crippen molar-refractivity contribution in [3.05, 3.63) is 164 Å². The van der Waals surface area contributed by atoms with E-state index in [2.05, 4.69) is 94.9 Å². The smallest absolute Gasteiger partial charge is 0.199 e. The lowest BCUT2D eigenvalue weighted by Gasteiger charge is -2.13. The van der Waals surface area contributed by atoms with Gasteiger partial charge in [-0.2, -0.15) is 0 Å². The van der Waals surface area contributed by atoms with Crippen LogP contribution < -0.4 is 0 Å². The third-order valence-corrected chi connectivity index (χ3v) is 7.76. The van der Waals surface area contributed by atoms with Gasteiger partial charge in [-0.15, -0.1) is 0 Å². The molecule has 4 heteroatoms. The van der Waals surface area contributed by atoms with Crippen LogP contribution in [0.15, 0.2) is 158 Å². The van der Waals surface area contributed by atoms with E-state index in [-0.39, 0.29) is 11.6 Å². The molecular weight excluding hydrogens is 550 g/mol. The lowest BCUT2D eigenvalue weighted by atomic mass is 9.95. The molecule has 0 unspecified atom stereocenters. The van der Waals surface area contributed by atoms with Crippen molar-refractivity contribution >= 4 is 5.78 Å². The number of nitrogens with zero attached hydrogens (tertiary/aromatic N) is 3. The van der Waals surface area contributed by atoms with Gasteiger partial charge in [-0.05, 0) is 80.9 Å². The minimum Gasteiger partial charge on any atom is -0.291 e. The van der Waals surface area contributed by atoms with Crippen molar-refractivity contribution in [2.75, 3.05) is 0 Å². The Balaban J connectivity index is 1.44. The molecule has 7 rings (SSSR count). The molecule has 45 heavy (non-hydrogen) atoms. The summed E-state index contributed by atoms with van der Waals surface area (Å²) in [4.78, 5) is 27.2. The Kier molecular flexibility index (Phi) is 7.61. The van der Waals surface area contributed by atoms with Crippen LogP contribution in [-0.2, 0) is 0 Å². The van der Waals surface area contributed by atoms with Crippen LogP contribution in [0.3, 0.4) is 0 Å². The van der Waals surface area contributed by atoms with Crippen molar-refractivity contribution < 1.29 is 4.79 Å². The van der Waals surface area contributed by atoms with Gasteiger partial charge in [0.2, 0.25) is 0 Å². The van der Waals surface area contributed by atoms with Gasteiger partial charge in [0, 0.05) is 18.1 Å². The van der Waals surface area contributed by atoms with Crippen LogP contribution >= 0.6 is 0 Å². The second-order valence-electron chi connectivity index (χ2n) is 10.9. The summed E-state index contributed by atoms with van der Waals surface area (Å²) in [5, 5.41) is 0. The van der Waals surface area contributed by atoms with Gasteiger partial charge in [0.25, 0.3) is 0 Å². The Labute approximate surface area is 262 Å². The van der Waals surface area contributed by atoms with E-state index in [0.717, 1.165) is 55.6 Å². The molecule has 4 nitrogen and oxygen atoms in total. The molecule has 0 bridgehead atoms. The maximum atomic E-state index is 12.8. The molecule has 0 amide bonds. The van der Waals surface area contributed by atoms with Gasteiger partial charge in [-0.25, -0.2) is 15.0 Å². The first-order valence-electron chi connectivity index (χ1n) is 14.9. The fourth-order valence-electron chi connectivity index (χ4n) is 5.49. The number of hydrogen-bond acceptors (Lipinski definition) is 4. The molecule has 0 aliphatic carbocycles. The Hall–Kier alpha value is -6.00. The topological polar surface area (TPSA) is 55.7 Å². The summed E-state index contributed by atoms with van der Waals surface area (Å²) in [5.74, 6) is 0.815. The Bertz CT molecular complexity index is 1850. The predicted molar refractivity (Wildman–Crippen MR) is 182 cm³/mol. The lowest BCUT2D eigenvalue weighted by molar-refractivity contribution is 0.100. The Morgan fingerprint density at radius 1 is 0.356 bits per heavy atom. The zero-order valence-corrected chi connectivity index (χ0v) is 24.8. The van der Waals surface area contributed by atoms with E-state index in [0.29, 0.717) is 11.6 Å². The highest BCUT2D eigenvalue weighted by molar-refractivity contribution is 5.91. The van der Waals surface area contributed by atoms with Gasteiger partial charge in [0.05, 0.1) is 0 Å². The predicted octanol–water partition coefficient (Wildman–Crippen LogP) is 10.1. The molecule has 7 aromatic rings. The average Bonchev–Trinajstić information content (AvgIpc) is 3.12. The zero-order valence-electron chi connectivity index (χ0n) is 24.8. The van der Waals surface area contributed by atoms with Gasteiger partial charge < -0.3 is 0 Å². The van der Waals surface area contributed by atoms with Crippen LogP contribution in [0.5, 0.6) is 0 Å². The second kappa shape index (κ2) is 12.3.